The summed E-state index contributed by atoms with van der Waals surface area (Å²) in [6.45, 7) is 0.932. The monoisotopic (exact) mass is 354 g/mol. The number of H-pyrrole nitrogens is 1. The fraction of sp³-hybridized carbons (Fsp3) is 0.533. The molecular weight excluding hydrogens is 339 g/mol. The van der Waals surface area contributed by atoms with E-state index in [0.717, 1.165) is 29.4 Å². The normalized spacial score (nSPS) is 28.6. The second kappa shape index (κ2) is 4.67. The zero-order valence-electron chi connectivity index (χ0n) is 11.0. The van der Waals surface area contributed by atoms with Crippen molar-refractivity contribution >= 4 is 39.2 Å². The van der Waals surface area contributed by atoms with Crippen molar-refractivity contribution in [3.63, 3.8) is 0 Å². The molecule has 2 saturated carbocycles. The van der Waals surface area contributed by atoms with Crippen LogP contribution in [0.3, 0.4) is 0 Å². The maximum absolute atomic E-state index is 13.8. The maximum Gasteiger partial charge on any atom is 0.178 e. The van der Waals surface area contributed by atoms with Crippen LogP contribution in [0.2, 0.25) is 0 Å². The number of halogens is 2. The molecule has 3 atom stereocenters. The second-order valence-electron chi connectivity index (χ2n) is 6.26. The highest BCUT2D eigenvalue weighted by Crippen LogP contribution is 2.49. The second-order valence-corrected chi connectivity index (χ2v) is 7.50. The van der Waals surface area contributed by atoms with Gasteiger partial charge in [0.05, 0.1) is 15.5 Å². The third-order valence-electron chi connectivity index (χ3n) is 5.12. The molecule has 2 aliphatic rings. The molecule has 2 bridgehead atoms. The summed E-state index contributed by atoms with van der Waals surface area (Å²) < 4.78 is 17.1. The van der Waals surface area contributed by atoms with Gasteiger partial charge in [-0.3, -0.25) is 0 Å². The van der Waals surface area contributed by atoms with Gasteiger partial charge in [-0.25, -0.2) is 4.39 Å². The lowest BCUT2D eigenvalue weighted by atomic mass is 9.89. The summed E-state index contributed by atoms with van der Waals surface area (Å²) >= 11 is 8.66. The number of hydrogen-bond acceptors (Lipinski definition) is 1. The molecule has 2 nitrogen and oxygen atoms in total. The summed E-state index contributed by atoms with van der Waals surface area (Å²) in [6, 6.07) is 3.36. The van der Waals surface area contributed by atoms with E-state index in [9.17, 15) is 4.39 Å². The first-order valence-electron chi connectivity index (χ1n) is 7.19. The SMILES string of the molecule is Fc1cc2c(cc1Br)[nH]c(=S)n2CC1CC2CCC1C2. The van der Waals surface area contributed by atoms with Crippen LogP contribution < -0.4 is 0 Å². The highest BCUT2D eigenvalue weighted by atomic mass is 79.9. The van der Waals surface area contributed by atoms with Crippen LogP contribution in [0.4, 0.5) is 4.39 Å². The van der Waals surface area contributed by atoms with E-state index in [2.05, 4.69) is 25.5 Å². The van der Waals surface area contributed by atoms with E-state index in [0.29, 0.717) is 15.2 Å². The molecule has 1 heterocycles. The van der Waals surface area contributed by atoms with Gasteiger partial charge in [0.2, 0.25) is 0 Å². The first-order chi connectivity index (χ1) is 9.61. The fourth-order valence-corrected chi connectivity index (χ4v) is 4.79. The van der Waals surface area contributed by atoms with Crippen LogP contribution in [0.25, 0.3) is 11.0 Å². The number of nitrogens with zero attached hydrogens (tertiary/aromatic N) is 1. The summed E-state index contributed by atoms with van der Waals surface area (Å²) in [5, 5.41) is 0. The van der Waals surface area contributed by atoms with Crippen LogP contribution in [0.15, 0.2) is 16.6 Å². The van der Waals surface area contributed by atoms with Gasteiger partial charge in [-0.15, -0.1) is 0 Å². The third kappa shape index (κ3) is 1.98. The summed E-state index contributed by atoms with van der Waals surface area (Å²) in [5.41, 5.74) is 1.80. The Labute approximate surface area is 130 Å². The molecule has 2 aromatic rings. The van der Waals surface area contributed by atoms with Crippen LogP contribution in [0.1, 0.15) is 25.7 Å². The third-order valence-corrected chi connectivity index (χ3v) is 6.05. The van der Waals surface area contributed by atoms with Crippen molar-refractivity contribution in [2.75, 3.05) is 0 Å². The highest BCUT2D eigenvalue weighted by molar-refractivity contribution is 9.10. The molecule has 2 aliphatic carbocycles. The smallest absolute Gasteiger partial charge is 0.178 e. The Morgan fingerprint density at radius 3 is 2.90 bits per heavy atom. The molecule has 4 rings (SSSR count). The standard InChI is InChI=1S/C15H16BrFN2S/c16-11-5-13-14(6-12(11)17)19(15(20)18-13)7-10-4-8-1-2-9(10)3-8/h5-6,8-10H,1-4,7H2,(H,18,20). The minimum Gasteiger partial charge on any atom is -0.331 e. The van der Waals surface area contributed by atoms with Gasteiger partial charge in [-0.2, -0.15) is 0 Å². The van der Waals surface area contributed by atoms with Gasteiger partial charge < -0.3 is 9.55 Å². The molecule has 1 aromatic heterocycles. The van der Waals surface area contributed by atoms with Gasteiger partial charge in [0.1, 0.15) is 5.82 Å². The first-order valence-corrected chi connectivity index (χ1v) is 8.39. The van der Waals surface area contributed by atoms with Crippen LogP contribution >= 0.6 is 28.1 Å². The lowest BCUT2D eigenvalue weighted by Crippen LogP contribution is -2.17. The van der Waals surface area contributed by atoms with Crippen molar-refractivity contribution in [2.24, 2.45) is 17.8 Å². The van der Waals surface area contributed by atoms with Crippen LogP contribution in [0.5, 0.6) is 0 Å². The van der Waals surface area contributed by atoms with Crippen molar-refractivity contribution in [1.82, 2.24) is 9.55 Å². The van der Waals surface area contributed by atoms with E-state index in [1.165, 1.54) is 25.7 Å². The summed E-state index contributed by atoms with van der Waals surface area (Å²) in [4.78, 5) is 3.19. The molecule has 2 fully saturated rings. The van der Waals surface area contributed by atoms with Crippen molar-refractivity contribution in [1.29, 1.82) is 0 Å². The molecule has 1 N–H and O–H groups in total. The summed E-state index contributed by atoms with van der Waals surface area (Å²) in [6.07, 6.45) is 5.48. The van der Waals surface area contributed by atoms with E-state index in [1.54, 1.807) is 12.1 Å². The molecule has 5 heteroatoms. The molecule has 0 radical (unpaired) electrons. The number of rotatable bonds is 2. The van der Waals surface area contributed by atoms with Crippen molar-refractivity contribution in [3.05, 3.63) is 27.2 Å². The Morgan fingerprint density at radius 2 is 2.20 bits per heavy atom. The van der Waals surface area contributed by atoms with Gasteiger partial charge >= 0.3 is 0 Å². The number of hydrogen-bond donors (Lipinski definition) is 1. The predicted octanol–water partition coefficient (Wildman–Crippen LogP) is 5.04. The number of aromatic amines is 1. The van der Waals surface area contributed by atoms with Crippen LogP contribution in [-0.2, 0) is 6.54 Å². The van der Waals surface area contributed by atoms with E-state index < -0.39 is 0 Å². The average molecular weight is 355 g/mol. The van der Waals surface area contributed by atoms with E-state index >= 15 is 0 Å². The number of aromatic nitrogens is 2. The number of benzene rings is 1. The predicted molar refractivity (Wildman–Crippen MR) is 83.7 cm³/mol. The minimum atomic E-state index is -0.229. The molecule has 0 saturated heterocycles. The van der Waals surface area contributed by atoms with Crippen LogP contribution in [-0.4, -0.2) is 9.55 Å². The summed E-state index contributed by atoms with van der Waals surface area (Å²) in [5.74, 6) is 2.27. The van der Waals surface area contributed by atoms with Gasteiger partial charge in [0, 0.05) is 12.6 Å². The Hall–Kier alpha value is -0.680. The Balaban J connectivity index is 1.74. The molecule has 0 amide bonds. The van der Waals surface area contributed by atoms with Gasteiger partial charge in [0.15, 0.2) is 4.77 Å². The Bertz CT molecular complexity index is 735. The molecule has 20 heavy (non-hydrogen) atoms. The molecule has 0 spiro atoms. The fourth-order valence-electron chi connectivity index (χ4n) is 4.17. The zero-order valence-corrected chi connectivity index (χ0v) is 13.4. The lowest BCUT2D eigenvalue weighted by Gasteiger charge is -2.22. The zero-order chi connectivity index (χ0) is 13.9. The maximum atomic E-state index is 13.8. The number of imidazole rings is 1. The molecule has 0 aliphatic heterocycles. The highest BCUT2D eigenvalue weighted by Gasteiger charge is 2.39. The quantitative estimate of drug-likeness (QED) is 0.749. The largest absolute Gasteiger partial charge is 0.331 e. The first kappa shape index (κ1) is 13.0. The number of fused-ring (bicyclic) bond motifs is 3. The Morgan fingerprint density at radius 1 is 1.35 bits per heavy atom. The molecular formula is C15H16BrFN2S. The van der Waals surface area contributed by atoms with Gasteiger partial charge in [-0.05, 0) is 71.2 Å². The van der Waals surface area contributed by atoms with Gasteiger partial charge in [-0.1, -0.05) is 6.42 Å². The van der Waals surface area contributed by atoms with Crippen molar-refractivity contribution in [3.8, 4) is 0 Å². The molecule has 1 aromatic carbocycles. The van der Waals surface area contributed by atoms with Crippen LogP contribution in [0, 0.1) is 28.3 Å². The lowest BCUT2D eigenvalue weighted by molar-refractivity contribution is 0.297. The molecule has 3 unspecified atom stereocenters. The van der Waals surface area contributed by atoms with E-state index in [-0.39, 0.29) is 5.82 Å². The average Bonchev–Trinajstić information content (AvgIpc) is 3.08. The topological polar surface area (TPSA) is 20.7 Å². The summed E-state index contributed by atoms with van der Waals surface area (Å²) in [7, 11) is 0. The van der Waals surface area contributed by atoms with E-state index in [1.807, 2.05) is 0 Å². The number of nitrogens with one attached hydrogen (secondary N) is 1. The Kier molecular flexibility index (Phi) is 3.04. The van der Waals surface area contributed by atoms with Gasteiger partial charge in [0.25, 0.3) is 0 Å². The van der Waals surface area contributed by atoms with E-state index in [4.69, 9.17) is 12.2 Å². The molecule has 106 valence electrons. The van der Waals surface area contributed by atoms with Crippen molar-refractivity contribution < 1.29 is 4.39 Å². The van der Waals surface area contributed by atoms with Crippen molar-refractivity contribution in [2.45, 2.75) is 32.2 Å². The minimum absolute atomic E-state index is 0.229.